The molecule has 2 rings (SSSR count). The largest absolute Gasteiger partial charge is 0.369 e. The van der Waals surface area contributed by atoms with E-state index in [1.165, 1.54) is 0 Å². The highest BCUT2D eigenvalue weighted by atomic mass is 79.9. The molecule has 0 aliphatic carbocycles. The van der Waals surface area contributed by atoms with Gasteiger partial charge in [-0.3, -0.25) is 4.98 Å². The summed E-state index contributed by atoms with van der Waals surface area (Å²) in [6, 6.07) is 8.07. The summed E-state index contributed by atoms with van der Waals surface area (Å²) in [6.45, 7) is 2.88. The van der Waals surface area contributed by atoms with Crippen LogP contribution in [0.25, 0.3) is 0 Å². The quantitative estimate of drug-likeness (QED) is 0.931. The molecule has 0 fully saturated rings. The van der Waals surface area contributed by atoms with Crippen LogP contribution in [0.3, 0.4) is 0 Å². The van der Waals surface area contributed by atoms with Gasteiger partial charge in [-0.15, -0.1) is 0 Å². The van der Waals surface area contributed by atoms with Crippen molar-refractivity contribution >= 4 is 33.5 Å². The first kappa shape index (κ1) is 12.4. The number of benzene rings is 1. The van der Waals surface area contributed by atoms with Crippen LogP contribution >= 0.6 is 27.7 Å². The Hall–Kier alpha value is -1.07. The van der Waals surface area contributed by atoms with Gasteiger partial charge in [-0.05, 0) is 35.0 Å². The van der Waals surface area contributed by atoms with Crippen molar-refractivity contribution in [1.82, 2.24) is 9.97 Å². The van der Waals surface area contributed by atoms with Crippen molar-refractivity contribution in [3.05, 3.63) is 41.1 Å². The molecule has 2 aromatic rings. The van der Waals surface area contributed by atoms with Crippen molar-refractivity contribution in [2.45, 2.75) is 16.8 Å². The molecule has 0 atom stereocenters. The summed E-state index contributed by atoms with van der Waals surface area (Å²) in [6.07, 6.45) is 3.50. The maximum atomic E-state index is 4.47. The number of anilines is 1. The Morgan fingerprint density at radius 3 is 2.88 bits per heavy atom. The van der Waals surface area contributed by atoms with E-state index in [4.69, 9.17) is 0 Å². The summed E-state index contributed by atoms with van der Waals surface area (Å²) < 4.78 is 1.07. The predicted octanol–water partition coefficient (Wildman–Crippen LogP) is 3.82. The van der Waals surface area contributed by atoms with Crippen LogP contribution in [0.2, 0.25) is 0 Å². The molecule has 0 unspecified atom stereocenters. The van der Waals surface area contributed by atoms with Crippen LogP contribution < -0.4 is 5.32 Å². The van der Waals surface area contributed by atoms with Crippen molar-refractivity contribution in [3.63, 3.8) is 0 Å². The fraction of sp³-hybridized carbons (Fsp3) is 0.167. The molecule has 0 radical (unpaired) electrons. The molecule has 0 aliphatic rings. The summed E-state index contributed by atoms with van der Waals surface area (Å²) in [5.74, 6) is 0.810. The Balaban J connectivity index is 2.18. The molecule has 0 saturated carbocycles. The number of aromatic nitrogens is 2. The van der Waals surface area contributed by atoms with Gasteiger partial charge in [0.15, 0.2) is 0 Å². The van der Waals surface area contributed by atoms with Crippen LogP contribution in [0, 0.1) is 0 Å². The summed E-state index contributed by atoms with van der Waals surface area (Å²) in [7, 11) is 0. The minimum absolute atomic E-state index is 0.810. The molecule has 5 heteroatoms. The third kappa shape index (κ3) is 3.44. The van der Waals surface area contributed by atoms with Crippen LogP contribution in [0.4, 0.5) is 5.82 Å². The zero-order chi connectivity index (χ0) is 12.1. The minimum Gasteiger partial charge on any atom is -0.369 e. The minimum atomic E-state index is 0.810. The third-order valence-electron chi connectivity index (χ3n) is 2.02. The average molecular weight is 310 g/mol. The second kappa shape index (κ2) is 6.02. The number of halogens is 1. The summed E-state index contributed by atoms with van der Waals surface area (Å²) >= 11 is 5.11. The van der Waals surface area contributed by atoms with E-state index in [1.54, 1.807) is 24.2 Å². The number of hydrogen-bond donors (Lipinski definition) is 1. The van der Waals surface area contributed by atoms with Gasteiger partial charge in [-0.1, -0.05) is 23.9 Å². The molecule has 0 saturated heterocycles. The SMILES string of the molecule is CCNc1cncc(Sc2ccccc2Br)n1. The summed E-state index contributed by atoms with van der Waals surface area (Å²) in [4.78, 5) is 9.77. The summed E-state index contributed by atoms with van der Waals surface area (Å²) in [5, 5.41) is 4.03. The van der Waals surface area contributed by atoms with Crippen molar-refractivity contribution in [2.24, 2.45) is 0 Å². The smallest absolute Gasteiger partial charge is 0.145 e. The van der Waals surface area contributed by atoms with E-state index in [1.807, 2.05) is 25.1 Å². The lowest BCUT2D eigenvalue weighted by atomic mass is 10.4. The molecule has 17 heavy (non-hydrogen) atoms. The molecule has 0 bridgehead atoms. The second-order valence-corrected chi connectivity index (χ2v) is 5.22. The first-order valence-corrected chi connectivity index (χ1v) is 6.89. The van der Waals surface area contributed by atoms with Gasteiger partial charge in [-0.2, -0.15) is 0 Å². The molecule has 0 aliphatic heterocycles. The van der Waals surface area contributed by atoms with Gasteiger partial charge in [0.25, 0.3) is 0 Å². The third-order valence-corrected chi connectivity index (χ3v) is 3.96. The molecule has 1 aromatic carbocycles. The van der Waals surface area contributed by atoms with Gasteiger partial charge in [0.2, 0.25) is 0 Å². The maximum absolute atomic E-state index is 4.47. The fourth-order valence-corrected chi connectivity index (χ4v) is 2.63. The van der Waals surface area contributed by atoms with Gasteiger partial charge in [0.1, 0.15) is 10.8 Å². The number of nitrogens with zero attached hydrogens (tertiary/aromatic N) is 2. The molecular formula is C12H12BrN3S. The Labute approximate surface area is 113 Å². The first-order valence-electron chi connectivity index (χ1n) is 5.28. The zero-order valence-corrected chi connectivity index (χ0v) is 11.8. The lowest BCUT2D eigenvalue weighted by Gasteiger charge is -2.05. The van der Waals surface area contributed by atoms with Gasteiger partial charge in [-0.25, -0.2) is 4.98 Å². The predicted molar refractivity (Wildman–Crippen MR) is 74.5 cm³/mol. The van der Waals surface area contributed by atoms with E-state index >= 15 is 0 Å². The van der Waals surface area contributed by atoms with Crippen LogP contribution in [0.15, 0.2) is 51.1 Å². The Kier molecular flexibility index (Phi) is 4.39. The lowest BCUT2D eigenvalue weighted by Crippen LogP contribution is -2.00. The lowest BCUT2D eigenvalue weighted by molar-refractivity contribution is 1.03. The molecule has 1 N–H and O–H groups in total. The number of nitrogens with one attached hydrogen (secondary N) is 1. The van der Waals surface area contributed by atoms with Crippen molar-refractivity contribution in [3.8, 4) is 0 Å². The average Bonchev–Trinajstić information content (AvgIpc) is 2.33. The van der Waals surface area contributed by atoms with Crippen molar-refractivity contribution < 1.29 is 0 Å². The maximum Gasteiger partial charge on any atom is 0.145 e. The van der Waals surface area contributed by atoms with Crippen molar-refractivity contribution in [1.29, 1.82) is 0 Å². The molecule has 0 spiro atoms. The number of hydrogen-bond acceptors (Lipinski definition) is 4. The van der Waals surface area contributed by atoms with Crippen LogP contribution in [-0.2, 0) is 0 Å². The second-order valence-electron chi connectivity index (χ2n) is 3.31. The topological polar surface area (TPSA) is 37.8 Å². The molecule has 3 nitrogen and oxygen atoms in total. The molecule has 88 valence electrons. The van der Waals surface area contributed by atoms with Gasteiger partial charge >= 0.3 is 0 Å². The van der Waals surface area contributed by atoms with Crippen LogP contribution in [0.1, 0.15) is 6.92 Å². The normalized spacial score (nSPS) is 10.2. The van der Waals surface area contributed by atoms with Gasteiger partial charge in [0.05, 0.1) is 12.4 Å². The van der Waals surface area contributed by atoms with E-state index in [0.29, 0.717) is 0 Å². The van der Waals surface area contributed by atoms with Crippen LogP contribution in [0.5, 0.6) is 0 Å². The molecule has 1 heterocycles. The van der Waals surface area contributed by atoms with Crippen LogP contribution in [-0.4, -0.2) is 16.5 Å². The standard InChI is InChI=1S/C12H12BrN3S/c1-2-15-11-7-14-8-12(16-11)17-10-6-4-3-5-9(10)13/h3-8H,2H2,1H3,(H,15,16). The van der Waals surface area contributed by atoms with Crippen molar-refractivity contribution in [2.75, 3.05) is 11.9 Å². The summed E-state index contributed by atoms with van der Waals surface area (Å²) in [5.41, 5.74) is 0. The van der Waals surface area contributed by atoms with E-state index in [2.05, 4.69) is 37.3 Å². The molecular weight excluding hydrogens is 298 g/mol. The Bertz CT molecular complexity index is 505. The number of rotatable bonds is 4. The molecule has 1 aromatic heterocycles. The molecule has 0 amide bonds. The van der Waals surface area contributed by atoms with Gasteiger partial charge < -0.3 is 5.32 Å². The monoisotopic (exact) mass is 309 g/mol. The van der Waals surface area contributed by atoms with Gasteiger partial charge in [0, 0.05) is 15.9 Å². The van der Waals surface area contributed by atoms with E-state index in [9.17, 15) is 0 Å². The fourth-order valence-electron chi connectivity index (χ4n) is 1.30. The van der Waals surface area contributed by atoms with E-state index < -0.39 is 0 Å². The highest BCUT2D eigenvalue weighted by Crippen LogP contribution is 2.32. The first-order chi connectivity index (χ1) is 8.29. The van der Waals surface area contributed by atoms with E-state index in [-0.39, 0.29) is 0 Å². The van der Waals surface area contributed by atoms with E-state index in [0.717, 1.165) is 26.8 Å². The Morgan fingerprint density at radius 2 is 2.12 bits per heavy atom. The Morgan fingerprint density at radius 1 is 1.29 bits per heavy atom. The zero-order valence-electron chi connectivity index (χ0n) is 9.35. The highest BCUT2D eigenvalue weighted by Gasteiger charge is 2.03. The highest BCUT2D eigenvalue weighted by molar-refractivity contribution is 9.10.